The molecule has 2 rings (SSSR count). The third-order valence-electron chi connectivity index (χ3n) is 3.46. The van der Waals surface area contributed by atoms with Crippen LogP contribution < -0.4 is 5.32 Å². The number of nitrogens with zero attached hydrogens (tertiary/aromatic N) is 1. The fraction of sp³-hybridized carbons (Fsp3) is 0.500. The molecule has 0 spiro atoms. The van der Waals surface area contributed by atoms with Crippen LogP contribution in [0.15, 0.2) is 24.3 Å². The van der Waals surface area contributed by atoms with E-state index in [2.05, 4.69) is 42.5 Å². The van der Waals surface area contributed by atoms with E-state index in [0.717, 1.165) is 12.8 Å². The van der Waals surface area contributed by atoms with Crippen molar-refractivity contribution >= 4 is 5.91 Å². The van der Waals surface area contributed by atoms with E-state index in [1.54, 1.807) is 6.92 Å². The normalized spacial score (nSPS) is 23.3. The molecule has 0 radical (unpaired) electrons. The van der Waals surface area contributed by atoms with Gasteiger partial charge in [-0.15, -0.1) is 0 Å². The third-order valence-corrected chi connectivity index (χ3v) is 3.46. The summed E-state index contributed by atoms with van der Waals surface area (Å²) in [6.07, 6.45) is 2.11. The summed E-state index contributed by atoms with van der Waals surface area (Å²) in [5.41, 5.74) is 2.62. The van der Waals surface area contributed by atoms with Crippen molar-refractivity contribution in [2.75, 3.05) is 14.1 Å². The summed E-state index contributed by atoms with van der Waals surface area (Å²) in [5.74, 6) is 0.0492. The van der Waals surface area contributed by atoms with Gasteiger partial charge in [0.15, 0.2) is 0 Å². The minimum atomic E-state index is 0.0492. The molecule has 2 atom stereocenters. The number of nitrogens with one attached hydrogen (secondary N) is 1. The summed E-state index contributed by atoms with van der Waals surface area (Å²) in [5, 5.41) is 3.04. The van der Waals surface area contributed by atoms with E-state index in [1.807, 2.05) is 6.07 Å². The standard InChI is InChI=1S/C14H20N2O/c1-10(17)15-13-8-9-14(16(2)3)12-7-5-4-6-11(12)13/h4-7,13-14H,8-9H2,1-3H3,(H,15,17). The molecule has 0 aromatic heterocycles. The number of hydrogen-bond acceptors (Lipinski definition) is 2. The molecule has 0 saturated carbocycles. The fourth-order valence-electron chi connectivity index (χ4n) is 2.70. The Labute approximate surface area is 103 Å². The molecule has 1 aromatic rings. The van der Waals surface area contributed by atoms with Crippen LogP contribution in [0.2, 0.25) is 0 Å². The van der Waals surface area contributed by atoms with Crippen LogP contribution >= 0.6 is 0 Å². The average Bonchev–Trinajstić information content (AvgIpc) is 2.28. The molecule has 1 aliphatic carbocycles. The lowest BCUT2D eigenvalue weighted by molar-refractivity contribution is -0.119. The van der Waals surface area contributed by atoms with Gasteiger partial charge in [0.2, 0.25) is 5.91 Å². The topological polar surface area (TPSA) is 32.3 Å². The van der Waals surface area contributed by atoms with Gasteiger partial charge in [-0.25, -0.2) is 0 Å². The molecule has 2 unspecified atom stereocenters. The number of rotatable bonds is 2. The van der Waals surface area contributed by atoms with Crippen molar-refractivity contribution in [1.82, 2.24) is 10.2 Å². The highest BCUT2D eigenvalue weighted by atomic mass is 16.1. The van der Waals surface area contributed by atoms with Gasteiger partial charge < -0.3 is 10.2 Å². The highest BCUT2D eigenvalue weighted by molar-refractivity contribution is 5.73. The smallest absolute Gasteiger partial charge is 0.217 e. The van der Waals surface area contributed by atoms with Crippen molar-refractivity contribution in [2.24, 2.45) is 0 Å². The van der Waals surface area contributed by atoms with Crippen LogP contribution in [0, 0.1) is 0 Å². The lowest BCUT2D eigenvalue weighted by Crippen LogP contribution is -2.33. The van der Waals surface area contributed by atoms with Gasteiger partial charge in [-0.3, -0.25) is 4.79 Å². The molecule has 17 heavy (non-hydrogen) atoms. The molecule has 3 heteroatoms. The molecule has 92 valence electrons. The Kier molecular flexibility index (Phi) is 3.48. The molecular weight excluding hydrogens is 212 g/mol. The monoisotopic (exact) mass is 232 g/mol. The highest BCUT2D eigenvalue weighted by Crippen LogP contribution is 2.38. The van der Waals surface area contributed by atoms with E-state index in [9.17, 15) is 4.79 Å². The van der Waals surface area contributed by atoms with Crippen LogP contribution in [0.1, 0.15) is 43.0 Å². The lowest BCUT2D eigenvalue weighted by atomic mass is 9.83. The molecule has 0 fully saturated rings. The molecule has 0 aliphatic heterocycles. The minimum Gasteiger partial charge on any atom is -0.350 e. The second kappa shape index (κ2) is 4.88. The van der Waals surface area contributed by atoms with E-state index in [-0.39, 0.29) is 11.9 Å². The predicted octanol–water partition coefficient (Wildman–Crippen LogP) is 2.26. The van der Waals surface area contributed by atoms with Crippen LogP contribution in [-0.2, 0) is 4.79 Å². The zero-order valence-corrected chi connectivity index (χ0v) is 10.7. The van der Waals surface area contributed by atoms with Gasteiger partial charge in [0.1, 0.15) is 0 Å². The summed E-state index contributed by atoms with van der Waals surface area (Å²) in [6.45, 7) is 1.58. The van der Waals surface area contributed by atoms with Crippen molar-refractivity contribution in [3.63, 3.8) is 0 Å². The summed E-state index contributed by atoms with van der Waals surface area (Å²) >= 11 is 0. The van der Waals surface area contributed by atoms with Crippen molar-refractivity contribution in [3.05, 3.63) is 35.4 Å². The van der Waals surface area contributed by atoms with Crippen LogP contribution in [0.5, 0.6) is 0 Å². The molecule has 1 aliphatic rings. The zero-order valence-electron chi connectivity index (χ0n) is 10.7. The van der Waals surface area contributed by atoms with Gasteiger partial charge in [-0.05, 0) is 38.1 Å². The van der Waals surface area contributed by atoms with Crippen LogP contribution in [0.4, 0.5) is 0 Å². The van der Waals surface area contributed by atoms with Crippen LogP contribution in [-0.4, -0.2) is 24.9 Å². The number of hydrogen-bond donors (Lipinski definition) is 1. The van der Waals surface area contributed by atoms with Crippen molar-refractivity contribution in [2.45, 2.75) is 31.8 Å². The maximum Gasteiger partial charge on any atom is 0.217 e. The first-order valence-electron chi connectivity index (χ1n) is 6.12. The molecule has 0 bridgehead atoms. The van der Waals surface area contributed by atoms with Gasteiger partial charge in [-0.1, -0.05) is 24.3 Å². The second-order valence-electron chi connectivity index (χ2n) is 4.94. The maximum absolute atomic E-state index is 11.2. The summed E-state index contributed by atoms with van der Waals surface area (Å²) in [4.78, 5) is 13.5. The van der Waals surface area contributed by atoms with E-state index in [4.69, 9.17) is 0 Å². The second-order valence-corrected chi connectivity index (χ2v) is 4.94. The van der Waals surface area contributed by atoms with E-state index in [1.165, 1.54) is 11.1 Å². The number of carbonyl (C=O) groups excluding carboxylic acids is 1. The van der Waals surface area contributed by atoms with Gasteiger partial charge in [-0.2, -0.15) is 0 Å². The lowest BCUT2D eigenvalue weighted by Gasteiger charge is -2.35. The molecular formula is C14H20N2O. The van der Waals surface area contributed by atoms with Gasteiger partial charge in [0, 0.05) is 13.0 Å². The Morgan fingerprint density at radius 2 is 1.88 bits per heavy atom. The molecule has 0 heterocycles. The number of benzene rings is 1. The third kappa shape index (κ3) is 2.50. The Bertz CT molecular complexity index is 414. The van der Waals surface area contributed by atoms with Crippen molar-refractivity contribution < 1.29 is 4.79 Å². The zero-order chi connectivity index (χ0) is 12.4. The predicted molar refractivity (Wildman–Crippen MR) is 68.7 cm³/mol. The van der Waals surface area contributed by atoms with Gasteiger partial charge in [0.05, 0.1) is 6.04 Å². The molecule has 1 amide bonds. The van der Waals surface area contributed by atoms with Gasteiger partial charge in [0.25, 0.3) is 0 Å². The van der Waals surface area contributed by atoms with Gasteiger partial charge >= 0.3 is 0 Å². The minimum absolute atomic E-state index is 0.0492. The highest BCUT2D eigenvalue weighted by Gasteiger charge is 2.28. The van der Waals surface area contributed by atoms with E-state index < -0.39 is 0 Å². The average molecular weight is 232 g/mol. The Hall–Kier alpha value is -1.35. The van der Waals surface area contributed by atoms with E-state index >= 15 is 0 Å². The van der Waals surface area contributed by atoms with Crippen molar-refractivity contribution in [1.29, 1.82) is 0 Å². The maximum atomic E-state index is 11.2. The Morgan fingerprint density at radius 3 is 2.47 bits per heavy atom. The Morgan fingerprint density at radius 1 is 1.24 bits per heavy atom. The first-order valence-corrected chi connectivity index (χ1v) is 6.12. The quantitative estimate of drug-likeness (QED) is 0.848. The number of fused-ring (bicyclic) bond motifs is 1. The summed E-state index contributed by atoms with van der Waals surface area (Å²) < 4.78 is 0. The molecule has 0 saturated heterocycles. The van der Waals surface area contributed by atoms with Crippen LogP contribution in [0.3, 0.4) is 0 Å². The first kappa shape index (κ1) is 12.1. The van der Waals surface area contributed by atoms with Crippen LogP contribution in [0.25, 0.3) is 0 Å². The molecule has 3 nitrogen and oxygen atoms in total. The Balaban J connectivity index is 2.33. The molecule has 1 N–H and O–H groups in total. The van der Waals surface area contributed by atoms with E-state index in [0.29, 0.717) is 6.04 Å². The SMILES string of the molecule is CC(=O)NC1CCC(N(C)C)c2ccccc21. The number of amides is 1. The fourth-order valence-corrected chi connectivity index (χ4v) is 2.70. The molecule has 1 aromatic carbocycles. The summed E-state index contributed by atoms with van der Waals surface area (Å²) in [7, 11) is 4.22. The summed E-state index contributed by atoms with van der Waals surface area (Å²) in [6, 6.07) is 9.08. The van der Waals surface area contributed by atoms with Crippen molar-refractivity contribution in [3.8, 4) is 0 Å². The largest absolute Gasteiger partial charge is 0.350 e. The number of carbonyl (C=O) groups is 1. The first-order chi connectivity index (χ1) is 8.09.